The summed E-state index contributed by atoms with van der Waals surface area (Å²) in [5.41, 5.74) is 1.35. The fourth-order valence-corrected chi connectivity index (χ4v) is 2.37. The lowest BCUT2D eigenvalue weighted by Crippen LogP contribution is -2.14. The van der Waals surface area contributed by atoms with Gasteiger partial charge in [-0.1, -0.05) is 32.4 Å². The van der Waals surface area contributed by atoms with Crippen molar-refractivity contribution in [3.8, 4) is 16.9 Å². The van der Waals surface area contributed by atoms with Crippen molar-refractivity contribution in [2.45, 2.75) is 26.2 Å². The molecule has 1 nitrogen and oxygen atoms in total. The number of methoxy groups -OCH3 is 1. The summed E-state index contributed by atoms with van der Waals surface area (Å²) in [6.45, 7) is 5.70. The SMILES string of the molecule is COc1cc(F)cc(-c2cc(Cl)c(F)c(C(C)(C)C)c2)c1. The predicted molar refractivity (Wildman–Crippen MR) is 82.1 cm³/mol. The summed E-state index contributed by atoms with van der Waals surface area (Å²) < 4.78 is 32.9. The van der Waals surface area contributed by atoms with Crippen LogP contribution in [0.4, 0.5) is 8.78 Å². The normalized spacial score (nSPS) is 11.6. The minimum Gasteiger partial charge on any atom is -0.497 e. The van der Waals surface area contributed by atoms with Gasteiger partial charge in [0.05, 0.1) is 12.1 Å². The monoisotopic (exact) mass is 310 g/mol. The molecule has 0 aliphatic carbocycles. The molecule has 2 aromatic carbocycles. The van der Waals surface area contributed by atoms with Gasteiger partial charge in [-0.25, -0.2) is 8.78 Å². The van der Waals surface area contributed by atoms with Crippen LogP contribution in [0.3, 0.4) is 0 Å². The predicted octanol–water partition coefficient (Wildman–Crippen LogP) is 5.59. The fourth-order valence-electron chi connectivity index (χ4n) is 2.15. The first-order valence-electron chi connectivity index (χ1n) is 6.57. The van der Waals surface area contributed by atoms with Crippen LogP contribution >= 0.6 is 11.6 Å². The Kier molecular flexibility index (Phi) is 4.24. The van der Waals surface area contributed by atoms with E-state index in [1.54, 1.807) is 12.1 Å². The van der Waals surface area contributed by atoms with Crippen molar-refractivity contribution in [3.05, 3.63) is 52.6 Å². The molecule has 2 rings (SSSR count). The second-order valence-corrected chi connectivity index (χ2v) is 6.36. The molecule has 0 aliphatic heterocycles. The molecular formula is C17H17ClF2O. The summed E-state index contributed by atoms with van der Waals surface area (Å²) in [6, 6.07) is 7.56. The zero-order chi connectivity index (χ0) is 15.8. The Balaban J connectivity index is 2.65. The van der Waals surface area contributed by atoms with Gasteiger partial charge in [-0.15, -0.1) is 0 Å². The Labute approximate surface area is 128 Å². The first-order chi connectivity index (χ1) is 9.72. The van der Waals surface area contributed by atoms with Gasteiger partial charge >= 0.3 is 0 Å². The molecule has 0 saturated heterocycles. The fraction of sp³-hybridized carbons (Fsp3) is 0.294. The van der Waals surface area contributed by atoms with E-state index in [0.717, 1.165) is 0 Å². The topological polar surface area (TPSA) is 9.23 Å². The van der Waals surface area contributed by atoms with Crippen molar-refractivity contribution >= 4 is 11.6 Å². The quantitative estimate of drug-likeness (QED) is 0.702. The maximum atomic E-state index is 14.2. The molecule has 0 atom stereocenters. The lowest BCUT2D eigenvalue weighted by molar-refractivity contribution is 0.411. The van der Waals surface area contributed by atoms with Gasteiger partial charge in [0.15, 0.2) is 0 Å². The van der Waals surface area contributed by atoms with Gasteiger partial charge in [0.1, 0.15) is 17.4 Å². The minimum absolute atomic E-state index is 0.0284. The van der Waals surface area contributed by atoms with Crippen LogP contribution in [-0.4, -0.2) is 7.11 Å². The van der Waals surface area contributed by atoms with E-state index in [1.165, 1.54) is 25.3 Å². The third-order valence-electron chi connectivity index (χ3n) is 3.28. The largest absolute Gasteiger partial charge is 0.497 e. The molecule has 0 aromatic heterocycles. The molecule has 4 heteroatoms. The highest BCUT2D eigenvalue weighted by Crippen LogP contribution is 2.35. The molecule has 0 fully saturated rings. The van der Waals surface area contributed by atoms with Crippen molar-refractivity contribution in [2.24, 2.45) is 0 Å². The molecule has 0 unspecified atom stereocenters. The lowest BCUT2D eigenvalue weighted by atomic mass is 9.85. The molecule has 2 aromatic rings. The van der Waals surface area contributed by atoms with Crippen molar-refractivity contribution in [2.75, 3.05) is 7.11 Å². The molecule has 0 bridgehead atoms. The van der Waals surface area contributed by atoms with Gasteiger partial charge < -0.3 is 4.74 Å². The van der Waals surface area contributed by atoms with E-state index in [-0.39, 0.29) is 5.02 Å². The number of hydrogen-bond donors (Lipinski definition) is 0. The molecule has 0 heterocycles. The lowest BCUT2D eigenvalue weighted by Gasteiger charge is -2.21. The van der Waals surface area contributed by atoms with Crippen LogP contribution in [0.15, 0.2) is 30.3 Å². The Morgan fingerprint density at radius 3 is 2.14 bits per heavy atom. The Morgan fingerprint density at radius 2 is 1.57 bits per heavy atom. The maximum absolute atomic E-state index is 14.2. The average Bonchev–Trinajstić information content (AvgIpc) is 2.39. The minimum atomic E-state index is -0.434. The molecule has 0 amide bonds. The van der Waals surface area contributed by atoms with Gasteiger partial charge in [0, 0.05) is 6.07 Å². The Morgan fingerprint density at radius 1 is 0.952 bits per heavy atom. The molecule has 0 radical (unpaired) electrons. The molecule has 0 spiro atoms. The molecule has 0 saturated carbocycles. The molecule has 0 aliphatic rings. The molecule has 112 valence electrons. The van der Waals surface area contributed by atoms with Gasteiger partial charge in [-0.3, -0.25) is 0 Å². The second-order valence-electron chi connectivity index (χ2n) is 5.95. The highest BCUT2D eigenvalue weighted by molar-refractivity contribution is 6.31. The molecular weight excluding hydrogens is 294 g/mol. The third kappa shape index (κ3) is 3.35. The van der Waals surface area contributed by atoms with Crippen molar-refractivity contribution in [1.82, 2.24) is 0 Å². The van der Waals surface area contributed by atoms with Crippen molar-refractivity contribution < 1.29 is 13.5 Å². The van der Waals surface area contributed by atoms with E-state index in [2.05, 4.69) is 0 Å². The van der Waals surface area contributed by atoms with Crippen LogP contribution in [0, 0.1) is 11.6 Å². The van der Waals surface area contributed by atoms with Crippen LogP contribution in [0.25, 0.3) is 11.1 Å². The van der Waals surface area contributed by atoms with Crippen molar-refractivity contribution in [1.29, 1.82) is 0 Å². The van der Waals surface area contributed by atoms with E-state index in [1.807, 2.05) is 20.8 Å². The summed E-state index contributed by atoms with van der Waals surface area (Å²) in [6.07, 6.45) is 0. The Hall–Kier alpha value is -1.61. The van der Waals surface area contributed by atoms with E-state index in [4.69, 9.17) is 16.3 Å². The first kappa shape index (κ1) is 15.8. The van der Waals surface area contributed by atoms with Gasteiger partial charge in [-0.2, -0.15) is 0 Å². The maximum Gasteiger partial charge on any atom is 0.145 e. The van der Waals surface area contributed by atoms with E-state index in [0.29, 0.717) is 22.4 Å². The standard InChI is InChI=1S/C17H17ClF2O/c1-17(2,3)14-7-11(8-15(18)16(14)20)10-5-12(19)9-13(6-10)21-4/h5-9H,1-4H3. The highest BCUT2D eigenvalue weighted by Gasteiger charge is 2.22. The number of halogens is 3. The van der Waals surface area contributed by atoms with Gasteiger partial charge in [0.25, 0.3) is 0 Å². The van der Waals surface area contributed by atoms with Crippen molar-refractivity contribution in [3.63, 3.8) is 0 Å². The van der Waals surface area contributed by atoms with Crippen LogP contribution in [-0.2, 0) is 5.41 Å². The van der Waals surface area contributed by atoms with Gasteiger partial charge in [0.2, 0.25) is 0 Å². The van der Waals surface area contributed by atoms with Gasteiger partial charge in [-0.05, 0) is 46.4 Å². The summed E-state index contributed by atoms with van der Waals surface area (Å²) >= 11 is 5.99. The number of hydrogen-bond acceptors (Lipinski definition) is 1. The smallest absolute Gasteiger partial charge is 0.145 e. The zero-order valence-corrected chi connectivity index (χ0v) is 13.2. The number of rotatable bonds is 2. The van der Waals surface area contributed by atoms with E-state index >= 15 is 0 Å². The summed E-state index contributed by atoms with van der Waals surface area (Å²) in [5.74, 6) is -0.443. The average molecular weight is 311 g/mol. The highest BCUT2D eigenvalue weighted by atomic mass is 35.5. The van der Waals surface area contributed by atoms with Crippen LogP contribution in [0.1, 0.15) is 26.3 Å². The zero-order valence-electron chi connectivity index (χ0n) is 12.4. The van der Waals surface area contributed by atoms with Crippen LogP contribution < -0.4 is 4.74 Å². The Bertz CT molecular complexity index is 675. The molecule has 21 heavy (non-hydrogen) atoms. The third-order valence-corrected chi connectivity index (χ3v) is 3.55. The van der Waals surface area contributed by atoms with E-state index in [9.17, 15) is 8.78 Å². The summed E-state index contributed by atoms with van der Waals surface area (Å²) in [4.78, 5) is 0. The second kappa shape index (κ2) is 5.64. The number of benzene rings is 2. The number of ether oxygens (including phenoxy) is 1. The summed E-state index contributed by atoms with van der Waals surface area (Å²) in [5, 5.41) is 0.0284. The van der Waals surface area contributed by atoms with Crippen LogP contribution in [0.5, 0.6) is 5.75 Å². The summed E-state index contributed by atoms with van der Waals surface area (Å²) in [7, 11) is 1.47. The molecule has 0 N–H and O–H groups in total. The van der Waals surface area contributed by atoms with Crippen LogP contribution in [0.2, 0.25) is 5.02 Å². The first-order valence-corrected chi connectivity index (χ1v) is 6.94. The van der Waals surface area contributed by atoms with E-state index < -0.39 is 17.0 Å².